The Morgan fingerprint density at radius 3 is 2.67 bits per heavy atom. The maximum atomic E-state index is 13.4. The number of thiazole rings is 1. The van der Waals surface area contributed by atoms with Crippen LogP contribution in [0.1, 0.15) is 43.7 Å². The van der Waals surface area contributed by atoms with Gasteiger partial charge in [0.2, 0.25) is 5.91 Å². The Bertz CT molecular complexity index is 906. The lowest BCUT2D eigenvalue weighted by atomic mass is 9.79. The topological polar surface area (TPSA) is 101 Å². The molecule has 2 aliphatic rings. The van der Waals surface area contributed by atoms with Crippen molar-refractivity contribution >= 4 is 40.2 Å². The SMILES string of the molecule is Cc1nc(NC(=O)N2CCC[C@H]2C(N)=O)sc1C1=CC=NC(C(C)(C)C(F)(F)F)C1. The zero-order chi connectivity index (χ0) is 22.3. The van der Waals surface area contributed by atoms with Crippen molar-refractivity contribution < 1.29 is 22.8 Å². The average Bonchev–Trinajstić information content (AvgIpc) is 3.28. The number of primary amides is 1. The Hall–Kier alpha value is -2.43. The van der Waals surface area contributed by atoms with Gasteiger partial charge in [-0.1, -0.05) is 11.3 Å². The molecule has 0 radical (unpaired) electrons. The van der Waals surface area contributed by atoms with Gasteiger partial charge in [0, 0.05) is 12.8 Å². The third-order valence-electron chi connectivity index (χ3n) is 5.66. The number of aliphatic imine (C=N–C) groups is 1. The summed E-state index contributed by atoms with van der Waals surface area (Å²) in [6.45, 7) is 4.45. The number of anilines is 1. The summed E-state index contributed by atoms with van der Waals surface area (Å²) in [4.78, 5) is 34.5. The molecule has 0 aliphatic carbocycles. The van der Waals surface area contributed by atoms with Crippen molar-refractivity contribution in [2.75, 3.05) is 11.9 Å². The molecule has 3 N–H and O–H groups in total. The fourth-order valence-corrected chi connectivity index (χ4v) is 4.57. The molecule has 1 aromatic heterocycles. The number of nitrogens with two attached hydrogens (primary N) is 1. The van der Waals surface area contributed by atoms with Crippen molar-refractivity contribution in [3.05, 3.63) is 16.6 Å². The maximum Gasteiger partial charge on any atom is 0.396 e. The van der Waals surface area contributed by atoms with E-state index in [1.54, 1.807) is 13.0 Å². The number of alkyl halides is 3. The van der Waals surface area contributed by atoms with Crippen LogP contribution in [0.5, 0.6) is 0 Å². The van der Waals surface area contributed by atoms with Gasteiger partial charge in [0.15, 0.2) is 5.13 Å². The smallest absolute Gasteiger partial charge is 0.368 e. The Balaban J connectivity index is 1.75. The molecule has 1 saturated heterocycles. The number of nitrogens with zero attached hydrogens (tertiary/aromatic N) is 3. The van der Waals surface area contributed by atoms with Gasteiger partial charge in [0.1, 0.15) is 6.04 Å². The third-order valence-corrected chi connectivity index (χ3v) is 6.81. The minimum Gasteiger partial charge on any atom is -0.368 e. The lowest BCUT2D eigenvalue weighted by Crippen LogP contribution is -2.45. The molecule has 1 unspecified atom stereocenters. The number of hydrogen-bond acceptors (Lipinski definition) is 5. The minimum atomic E-state index is -4.38. The second-order valence-corrected chi connectivity index (χ2v) is 9.05. The standard InChI is InChI=1S/C19H24F3N5O2S/c1-10-14(11-6-7-24-13(9-11)18(2,3)19(20,21)22)30-16(25-10)26-17(29)27-8-4-5-12(27)15(23)28/h6-7,12-13H,4-5,8-9H2,1-3H3,(H2,23,28)(H,25,26,29)/t12-,13?/m0/s1. The summed E-state index contributed by atoms with van der Waals surface area (Å²) in [5, 5.41) is 3.00. The molecular formula is C19H24F3N5O2S. The lowest BCUT2D eigenvalue weighted by molar-refractivity contribution is -0.217. The van der Waals surface area contributed by atoms with E-state index in [9.17, 15) is 22.8 Å². The second kappa shape index (κ2) is 8.01. The Kier molecular flexibility index (Phi) is 5.94. The third kappa shape index (κ3) is 4.21. The first kappa shape index (κ1) is 22.3. The van der Waals surface area contributed by atoms with E-state index in [1.165, 1.54) is 22.5 Å². The highest BCUT2D eigenvalue weighted by Crippen LogP contribution is 2.46. The Morgan fingerprint density at radius 1 is 1.33 bits per heavy atom. The molecule has 0 bridgehead atoms. The van der Waals surface area contributed by atoms with E-state index in [2.05, 4.69) is 15.3 Å². The molecule has 0 aromatic carbocycles. The van der Waals surface area contributed by atoms with Crippen LogP contribution in [0.15, 0.2) is 11.1 Å². The number of dihydropyridines is 1. The van der Waals surface area contributed by atoms with Crippen LogP contribution < -0.4 is 11.1 Å². The number of carbonyl (C=O) groups is 2. The summed E-state index contributed by atoms with van der Waals surface area (Å²) < 4.78 is 40.3. The van der Waals surface area contributed by atoms with Gasteiger partial charge in [-0.15, -0.1) is 0 Å². The number of nitrogens with one attached hydrogen (secondary N) is 1. The fraction of sp³-hybridized carbons (Fsp3) is 0.579. The van der Waals surface area contributed by atoms with Crippen LogP contribution in [0.4, 0.5) is 23.1 Å². The number of urea groups is 1. The van der Waals surface area contributed by atoms with Crippen LogP contribution in [-0.4, -0.2) is 52.8 Å². The van der Waals surface area contributed by atoms with Crippen molar-refractivity contribution in [1.29, 1.82) is 0 Å². The van der Waals surface area contributed by atoms with Crippen LogP contribution in [0, 0.1) is 12.3 Å². The summed E-state index contributed by atoms with van der Waals surface area (Å²) in [5.74, 6) is -0.552. The van der Waals surface area contributed by atoms with E-state index in [0.717, 1.165) is 13.8 Å². The maximum absolute atomic E-state index is 13.4. The molecule has 0 saturated carbocycles. The van der Waals surface area contributed by atoms with Crippen molar-refractivity contribution in [3.8, 4) is 0 Å². The summed E-state index contributed by atoms with van der Waals surface area (Å²) >= 11 is 1.19. The van der Waals surface area contributed by atoms with E-state index < -0.39 is 35.6 Å². The molecule has 2 atom stereocenters. The van der Waals surface area contributed by atoms with E-state index in [0.29, 0.717) is 40.7 Å². The number of amides is 3. The second-order valence-electron chi connectivity index (χ2n) is 8.05. The first-order valence-corrected chi connectivity index (χ1v) is 10.4. The summed E-state index contributed by atoms with van der Waals surface area (Å²) in [6.07, 6.45) is 0.0232. The van der Waals surface area contributed by atoms with E-state index in [4.69, 9.17) is 5.73 Å². The molecular weight excluding hydrogens is 419 g/mol. The van der Waals surface area contributed by atoms with Crippen LogP contribution in [0.3, 0.4) is 0 Å². The van der Waals surface area contributed by atoms with Gasteiger partial charge < -0.3 is 10.6 Å². The zero-order valence-corrected chi connectivity index (χ0v) is 17.7. The lowest BCUT2D eigenvalue weighted by Gasteiger charge is -2.35. The highest BCUT2D eigenvalue weighted by molar-refractivity contribution is 7.17. The minimum absolute atomic E-state index is 0.120. The number of allylic oxidation sites excluding steroid dienone is 1. The number of halogens is 3. The number of rotatable bonds is 4. The molecule has 1 aromatic rings. The monoisotopic (exact) mass is 443 g/mol. The number of hydrogen-bond donors (Lipinski definition) is 2. The number of carbonyl (C=O) groups excluding carboxylic acids is 2. The average molecular weight is 443 g/mol. The Morgan fingerprint density at radius 2 is 2.03 bits per heavy atom. The predicted molar refractivity (Wildman–Crippen MR) is 110 cm³/mol. The molecule has 11 heteroatoms. The van der Waals surface area contributed by atoms with Gasteiger partial charge in [-0.05, 0) is 51.7 Å². The van der Waals surface area contributed by atoms with Gasteiger partial charge in [0.25, 0.3) is 0 Å². The van der Waals surface area contributed by atoms with E-state index >= 15 is 0 Å². The molecule has 3 rings (SSSR count). The molecule has 1 fully saturated rings. The van der Waals surface area contributed by atoms with Gasteiger partial charge in [-0.25, -0.2) is 9.78 Å². The van der Waals surface area contributed by atoms with Gasteiger partial charge >= 0.3 is 12.2 Å². The van der Waals surface area contributed by atoms with Gasteiger partial charge in [0.05, 0.1) is 22.0 Å². The van der Waals surface area contributed by atoms with E-state index in [1.807, 2.05) is 0 Å². The Labute approximate surface area is 176 Å². The van der Waals surface area contributed by atoms with Gasteiger partial charge in [-0.3, -0.25) is 15.1 Å². The zero-order valence-electron chi connectivity index (χ0n) is 16.9. The first-order chi connectivity index (χ1) is 13.9. The van der Waals surface area contributed by atoms with Crippen LogP contribution >= 0.6 is 11.3 Å². The molecule has 3 amide bonds. The van der Waals surface area contributed by atoms with Crippen LogP contribution in [-0.2, 0) is 4.79 Å². The van der Waals surface area contributed by atoms with Crippen molar-refractivity contribution in [1.82, 2.24) is 9.88 Å². The van der Waals surface area contributed by atoms with Gasteiger partial charge in [-0.2, -0.15) is 13.2 Å². The number of aryl methyl sites for hydroxylation is 1. The summed E-state index contributed by atoms with van der Waals surface area (Å²) in [6, 6.07) is -2.06. The first-order valence-electron chi connectivity index (χ1n) is 9.55. The molecule has 164 valence electrons. The van der Waals surface area contributed by atoms with Crippen LogP contribution in [0.25, 0.3) is 5.57 Å². The van der Waals surface area contributed by atoms with Crippen LogP contribution in [0.2, 0.25) is 0 Å². The normalized spacial score (nSPS) is 22.2. The molecule has 2 aliphatic heterocycles. The van der Waals surface area contributed by atoms with Crippen molar-refractivity contribution in [2.45, 2.75) is 58.3 Å². The predicted octanol–water partition coefficient (Wildman–Crippen LogP) is 3.75. The molecule has 7 nitrogen and oxygen atoms in total. The van der Waals surface area contributed by atoms with Crippen molar-refractivity contribution in [3.63, 3.8) is 0 Å². The fourth-order valence-electron chi connectivity index (χ4n) is 3.58. The highest BCUT2D eigenvalue weighted by Gasteiger charge is 2.52. The molecule has 30 heavy (non-hydrogen) atoms. The number of aromatic nitrogens is 1. The van der Waals surface area contributed by atoms with Crippen molar-refractivity contribution in [2.24, 2.45) is 16.1 Å². The quantitative estimate of drug-likeness (QED) is 0.741. The molecule has 0 spiro atoms. The summed E-state index contributed by atoms with van der Waals surface area (Å²) in [5.41, 5.74) is 4.67. The van der Waals surface area contributed by atoms with E-state index in [-0.39, 0.29) is 6.42 Å². The number of likely N-dealkylation sites (tertiary alicyclic amines) is 1. The largest absolute Gasteiger partial charge is 0.396 e. The highest BCUT2D eigenvalue weighted by atomic mass is 32.1. The molecule has 3 heterocycles. The summed E-state index contributed by atoms with van der Waals surface area (Å²) in [7, 11) is 0.